The highest BCUT2D eigenvalue weighted by Crippen LogP contribution is 2.16. The Kier molecular flexibility index (Phi) is 8.04. The number of benzene rings is 2. The van der Waals surface area contributed by atoms with Crippen LogP contribution in [0.3, 0.4) is 0 Å². The summed E-state index contributed by atoms with van der Waals surface area (Å²) in [4.78, 5) is 45.2. The Labute approximate surface area is 190 Å². The van der Waals surface area contributed by atoms with Gasteiger partial charge in [-0.1, -0.05) is 42.1 Å². The molecule has 1 aromatic heterocycles. The summed E-state index contributed by atoms with van der Waals surface area (Å²) in [6.45, 7) is 0.334. The fourth-order valence-electron chi connectivity index (χ4n) is 2.87. The van der Waals surface area contributed by atoms with E-state index in [-0.39, 0.29) is 29.5 Å². The molecule has 0 aliphatic rings. The quantitative estimate of drug-likeness (QED) is 0.382. The SMILES string of the molecule is COc1cccc(CNC(=O)Cc2cc(=O)[nH]c(SCC(=O)N(C)c3ccccc3)n2)c1. The number of nitrogens with zero attached hydrogens (tertiary/aromatic N) is 2. The lowest BCUT2D eigenvalue weighted by atomic mass is 10.2. The largest absolute Gasteiger partial charge is 0.497 e. The lowest BCUT2D eigenvalue weighted by Crippen LogP contribution is -2.28. The Balaban J connectivity index is 1.56. The fourth-order valence-corrected chi connectivity index (χ4v) is 3.68. The minimum atomic E-state index is -0.373. The van der Waals surface area contributed by atoms with Crippen molar-refractivity contribution in [2.24, 2.45) is 0 Å². The van der Waals surface area contributed by atoms with E-state index >= 15 is 0 Å². The smallest absolute Gasteiger partial charge is 0.251 e. The highest BCUT2D eigenvalue weighted by molar-refractivity contribution is 7.99. The molecule has 3 aromatic rings. The van der Waals surface area contributed by atoms with Crippen molar-refractivity contribution in [1.29, 1.82) is 0 Å². The average molecular weight is 453 g/mol. The van der Waals surface area contributed by atoms with Gasteiger partial charge in [-0.05, 0) is 29.8 Å². The maximum absolute atomic E-state index is 12.4. The van der Waals surface area contributed by atoms with Crippen molar-refractivity contribution in [3.63, 3.8) is 0 Å². The van der Waals surface area contributed by atoms with E-state index in [0.717, 1.165) is 23.0 Å². The zero-order chi connectivity index (χ0) is 22.9. The number of H-pyrrole nitrogens is 1. The van der Waals surface area contributed by atoms with Gasteiger partial charge in [-0.2, -0.15) is 0 Å². The van der Waals surface area contributed by atoms with E-state index in [9.17, 15) is 14.4 Å². The number of carbonyl (C=O) groups is 2. The molecule has 2 amide bonds. The molecule has 0 aliphatic carbocycles. The number of aromatic nitrogens is 2. The number of methoxy groups -OCH3 is 1. The topological polar surface area (TPSA) is 104 Å². The van der Waals surface area contributed by atoms with Crippen LogP contribution in [0.1, 0.15) is 11.3 Å². The molecule has 2 N–H and O–H groups in total. The monoisotopic (exact) mass is 452 g/mol. The summed E-state index contributed by atoms with van der Waals surface area (Å²) in [5.74, 6) is 0.411. The third-order valence-corrected chi connectivity index (χ3v) is 5.45. The molecule has 0 unspecified atom stereocenters. The standard InChI is InChI=1S/C23H24N4O4S/c1-27(18-8-4-3-5-9-18)22(30)15-32-23-25-17(13-21(29)26-23)12-20(28)24-14-16-7-6-10-19(11-16)31-2/h3-11,13H,12,14-15H2,1-2H3,(H,24,28)(H,25,26,29). The molecule has 0 radical (unpaired) electrons. The van der Waals surface area contributed by atoms with Crippen molar-refractivity contribution in [2.45, 2.75) is 18.1 Å². The Bertz CT molecular complexity index is 1130. The van der Waals surface area contributed by atoms with Crippen molar-refractivity contribution >= 4 is 29.3 Å². The van der Waals surface area contributed by atoms with E-state index in [2.05, 4.69) is 15.3 Å². The van der Waals surface area contributed by atoms with Crippen LogP contribution in [0.2, 0.25) is 0 Å². The van der Waals surface area contributed by atoms with Crippen LogP contribution in [0.15, 0.2) is 70.6 Å². The van der Waals surface area contributed by atoms with Crippen LogP contribution in [0.25, 0.3) is 0 Å². The van der Waals surface area contributed by atoms with Gasteiger partial charge < -0.3 is 19.9 Å². The molecule has 0 bridgehead atoms. The van der Waals surface area contributed by atoms with Gasteiger partial charge in [0, 0.05) is 25.3 Å². The number of ether oxygens (including phenoxy) is 1. The number of amides is 2. The van der Waals surface area contributed by atoms with E-state index in [1.807, 2.05) is 54.6 Å². The van der Waals surface area contributed by atoms with Gasteiger partial charge in [0.2, 0.25) is 11.8 Å². The first-order valence-electron chi connectivity index (χ1n) is 9.89. The average Bonchev–Trinajstić information content (AvgIpc) is 2.81. The van der Waals surface area contributed by atoms with Crippen molar-refractivity contribution < 1.29 is 14.3 Å². The Morgan fingerprint density at radius 3 is 2.66 bits per heavy atom. The van der Waals surface area contributed by atoms with E-state index < -0.39 is 0 Å². The molecule has 0 saturated heterocycles. The molecule has 2 aromatic carbocycles. The lowest BCUT2D eigenvalue weighted by molar-refractivity contribution is -0.120. The Morgan fingerprint density at radius 2 is 1.91 bits per heavy atom. The summed E-state index contributed by atoms with van der Waals surface area (Å²) in [6.07, 6.45) is -0.0423. The van der Waals surface area contributed by atoms with Crippen LogP contribution in [-0.4, -0.2) is 41.7 Å². The zero-order valence-corrected chi connectivity index (χ0v) is 18.6. The number of hydrogen-bond donors (Lipinski definition) is 2. The molecule has 0 fully saturated rings. The minimum absolute atomic E-state index is 0.0423. The van der Waals surface area contributed by atoms with Gasteiger partial charge in [-0.3, -0.25) is 14.4 Å². The molecule has 0 atom stereocenters. The lowest BCUT2D eigenvalue weighted by Gasteiger charge is -2.16. The highest BCUT2D eigenvalue weighted by atomic mass is 32.2. The molecule has 32 heavy (non-hydrogen) atoms. The third kappa shape index (κ3) is 6.71. The van der Waals surface area contributed by atoms with Crippen molar-refractivity contribution in [2.75, 3.05) is 24.8 Å². The Morgan fingerprint density at radius 1 is 1.12 bits per heavy atom. The number of para-hydroxylation sites is 1. The molecule has 9 heteroatoms. The molecule has 0 aliphatic heterocycles. The van der Waals surface area contributed by atoms with Gasteiger partial charge in [0.25, 0.3) is 5.56 Å². The van der Waals surface area contributed by atoms with Gasteiger partial charge in [0.05, 0.1) is 25.0 Å². The first-order chi connectivity index (χ1) is 15.4. The molecule has 3 rings (SSSR count). The summed E-state index contributed by atoms with van der Waals surface area (Å²) >= 11 is 1.12. The molecular formula is C23H24N4O4S. The minimum Gasteiger partial charge on any atom is -0.497 e. The van der Waals surface area contributed by atoms with Gasteiger partial charge in [0.1, 0.15) is 5.75 Å². The van der Waals surface area contributed by atoms with Crippen LogP contribution in [0, 0.1) is 0 Å². The number of anilines is 1. The maximum atomic E-state index is 12.4. The second kappa shape index (κ2) is 11.1. The number of hydrogen-bond acceptors (Lipinski definition) is 6. The molecule has 166 valence electrons. The maximum Gasteiger partial charge on any atom is 0.251 e. The van der Waals surface area contributed by atoms with Crippen molar-refractivity contribution in [1.82, 2.24) is 15.3 Å². The van der Waals surface area contributed by atoms with Crippen LogP contribution < -0.4 is 20.5 Å². The summed E-state index contributed by atoms with van der Waals surface area (Å²) < 4.78 is 5.17. The molecular weight excluding hydrogens is 428 g/mol. The molecule has 0 saturated carbocycles. The van der Waals surface area contributed by atoms with Gasteiger partial charge in [-0.15, -0.1) is 0 Å². The first-order valence-corrected chi connectivity index (χ1v) is 10.9. The summed E-state index contributed by atoms with van der Waals surface area (Å²) in [5.41, 5.74) is 1.64. The number of carbonyl (C=O) groups excluding carboxylic acids is 2. The van der Waals surface area contributed by atoms with Gasteiger partial charge in [0.15, 0.2) is 5.16 Å². The van der Waals surface area contributed by atoms with E-state index in [1.165, 1.54) is 6.07 Å². The number of nitrogens with one attached hydrogen (secondary N) is 2. The van der Waals surface area contributed by atoms with E-state index in [0.29, 0.717) is 23.1 Å². The van der Waals surface area contributed by atoms with Gasteiger partial charge >= 0.3 is 0 Å². The fraction of sp³-hybridized carbons (Fsp3) is 0.217. The van der Waals surface area contributed by atoms with E-state index in [1.54, 1.807) is 19.1 Å². The van der Waals surface area contributed by atoms with Gasteiger partial charge in [-0.25, -0.2) is 4.98 Å². The predicted molar refractivity (Wildman–Crippen MR) is 124 cm³/mol. The number of rotatable bonds is 9. The first kappa shape index (κ1) is 23.1. The van der Waals surface area contributed by atoms with Crippen molar-refractivity contribution in [3.8, 4) is 5.75 Å². The second-order valence-electron chi connectivity index (χ2n) is 6.92. The van der Waals surface area contributed by atoms with E-state index in [4.69, 9.17) is 4.74 Å². The van der Waals surface area contributed by atoms with Crippen LogP contribution in [-0.2, 0) is 22.6 Å². The Hall–Kier alpha value is -3.59. The zero-order valence-electron chi connectivity index (χ0n) is 17.8. The third-order valence-electron chi connectivity index (χ3n) is 4.59. The summed E-state index contributed by atoms with van der Waals surface area (Å²) in [5, 5.41) is 3.10. The normalized spacial score (nSPS) is 10.4. The number of aromatic amines is 1. The molecule has 8 nitrogen and oxygen atoms in total. The van der Waals surface area contributed by atoms with Crippen LogP contribution >= 0.6 is 11.8 Å². The van der Waals surface area contributed by atoms with Crippen LogP contribution in [0.4, 0.5) is 5.69 Å². The van der Waals surface area contributed by atoms with Crippen molar-refractivity contribution in [3.05, 3.63) is 82.3 Å². The predicted octanol–water partition coefficient (Wildman–Crippen LogP) is 2.39. The second-order valence-corrected chi connectivity index (χ2v) is 7.89. The summed E-state index contributed by atoms with van der Waals surface area (Å²) in [7, 11) is 3.27. The molecule has 1 heterocycles. The highest BCUT2D eigenvalue weighted by Gasteiger charge is 2.13. The summed E-state index contributed by atoms with van der Waals surface area (Å²) in [6, 6.07) is 17.9. The van der Waals surface area contributed by atoms with Crippen LogP contribution in [0.5, 0.6) is 5.75 Å². The molecule has 0 spiro atoms. The number of thioether (sulfide) groups is 1.